The van der Waals surface area contributed by atoms with Gasteiger partial charge in [0.1, 0.15) is 0 Å². The van der Waals surface area contributed by atoms with Gasteiger partial charge in [-0.3, -0.25) is 0 Å². The van der Waals surface area contributed by atoms with Crippen molar-refractivity contribution in [1.82, 2.24) is 15.3 Å². The van der Waals surface area contributed by atoms with Gasteiger partial charge in [0, 0.05) is 25.3 Å². The van der Waals surface area contributed by atoms with Crippen LogP contribution in [0.5, 0.6) is 0 Å². The highest BCUT2D eigenvalue weighted by molar-refractivity contribution is 5.69. The van der Waals surface area contributed by atoms with Crippen LogP contribution < -0.4 is 10.6 Å². The first-order valence-electron chi connectivity index (χ1n) is 5.68. The number of rotatable bonds is 2. The lowest BCUT2D eigenvalue weighted by molar-refractivity contribution is 0.136. The molecule has 1 aliphatic rings. The zero-order valence-corrected chi connectivity index (χ0v) is 9.26. The number of piperidine rings is 1. The van der Waals surface area contributed by atoms with Gasteiger partial charge in [-0.25, -0.2) is 4.98 Å². The van der Waals surface area contributed by atoms with Crippen LogP contribution in [0.25, 0.3) is 11.2 Å². The summed E-state index contributed by atoms with van der Waals surface area (Å²) < 4.78 is 5.51. The predicted molar refractivity (Wildman–Crippen MR) is 62.7 cm³/mol. The Labute approximate surface area is 98.1 Å². The average molecular weight is 234 g/mol. The molecule has 2 aromatic heterocycles. The molecule has 90 valence electrons. The number of aromatic nitrogens is 2. The number of anilines is 1. The predicted octanol–water partition coefficient (Wildman–Crippen LogP) is 0.357. The summed E-state index contributed by atoms with van der Waals surface area (Å²) >= 11 is 0. The van der Waals surface area contributed by atoms with Crippen molar-refractivity contribution in [2.45, 2.75) is 18.6 Å². The zero-order valence-electron chi connectivity index (χ0n) is 9.26. The minimum Gasteiger partial charge on any atom is -0.422 e. The normalized spacial score (nSPS) is 25.0. The van der Waals surface area contributed by atoms with E-state index in [9.17, 15) is 5.11 Å². The third-order valence-electron chi connectivity index (χ3n) is 2.82. The Kier molecular flexibility index (Phi) is 2.66. The monoisotopic (exact) mass is 234 g/mol. The summed E-state index contributed by atoms with van der Waals surface area (Å²) in [5.74, 6) is 0. The Balaban J connectivity index is 1.75. The second kappa shape index (κ2) is 4.31. The third kappa shape index (κ3) is 2.22. The maximum atomic E-state index is 9.53. The first-order chi connectivity index (χ1) is 8.31. The molecule has 0 radical (unpaired) electrons. The van der Waals surface area contributed by atoms with E-state index >= 15 is 0 Å². The van der Waals surface area contributed by atoms with Crippen molar-refractivity contribution < 1.29 is 9.52 Å². The number of pyridine rings is 1. The lowest BCUT2D eigenvalue weighted by atomic mass is 10.1. The molecule has 3 rings (SSSR count). The Morgan fingerprint density at radius 1 is 1.47 bits per heavy atom. The van der Waals surface area contributed by atoms with Gasteiger partial charge in [-0.1, -0.05) is 0 Å². The Bertz CT molecular complexity index is 480. The molecular formula is C11H14N4O2. The number of aliphatic hydroxyl groups is 1. The topological polar surface area (TPSA) is 83.2 Å². The summed E-state index contributed by atoms with van der Waals surface area (Å²) in [4.78, 5) is 8.33. The summed E-state index contributed by atoms with van der Waals surface area (Å²) in [6.07, 6.45) is 2.06. The van der Waals surface area contributed by atoms with E-state index in [1.165, 1.54) is 0 Å². The van der Waals surface area contributed by atoms with Gasteiger partial charge < -0.3 is 20.2 Å². The fraction of sp³-hybridized carbons (Fsp3) is 0.455. The molecule has 0 saturated carbocycles. The standard InChI is InChI=1S/C11H14N4O2/c16-8-4-7(5-12-6-8)14-11-15-10-9(17-11)2-1-3-13-10/h1-3,7-8,12,16H,4-6H2,(H,13,14,15)/t7-,8+/m1/s1. The number of nitrogens with one attached hydrogen (secondary N) is 2. The molecular weight excluding hydrogens is 220 g/mol. The number of aliphatic hydroxyl groups excluding tert-OH is 1. The molecule has 3 N–H and O–H groups in total. The molecule has 6 nitrogen and oxygen atoms in total. The average Bonchev–Trinajstić information content (AvgIpc) is 2.71. The minimum atomic E-state index is -0.316. The Morgan fingerprint density at radius 2 is 2.41 bits per heavy atom. The van der Waals surface area contributed by atoms with Crippen LogP contribution in [-0.2, 0) is 0 Å². The molecule has 0 aromatic carbocycles. The van der Waals surface area contributed by atoms with Crippen LogP contribution in [0.1, 0.15) is 6.42 Å². The lowest BCUT2D eigenvalue weighted by Crippen LogP contribution is -2.45. The molecule has 0 bridgehead atoms. The molecule has 0 amide bonds. The molecule has 3 heterocycles. The summed E-state index contributed by atoms with van der Waals surface area (Å²) in [5, 5.41) is 15.8. The maximum Gasteiger partial charge on any atom is 0.297 e. The van der Waals surface area contributed by atoms with Crippen molar-refractivity contribution in [2.24, 2.45) is 0 Å². The molecule has 1 aliphatic heterocycles. The van der Waals surface area contributed by atoms with Crippen LogP contribution in [0.3, 0.4) is 0 Å². The van der Waals surface area contributed by atoms with Crippen LogP contribution in [0.2, 0.25) is 0 Å². The molecule has 0 aliphatic carbocycles. The molecule has 1 fully saturated rings. The van der Waals surface area contributed by atoms with Crippen LogP contribution in [0.15, 0.2) is 22.7 Å². The Morgan fingerprint density at radius 3 is 3.24 bits per heavy atom. The fourth-order valence-electron chi connectivity index (χ4n) is 2.03. The first kappa shape index (κ1) is 10.5. The number of hydrogen-bond donors (Lipinski definition) is 3. The van der Waals surface area contributed by atoms with Crippen molar-refractivity contribution >= 4 is 17.2 Å². The smallest absolute Gasteiger partial charge is 0.297 e. The maximum absolute atomic E-state index is 9.53. The largest absolute Gasteiger partial charge is 0.422 e. The number of fused-ring (bicyclic) bond motifs is 1. The molecule has 1 saturated heterocycles. The van der Waals surface area contributed by atoms with E-state index in [1.807, 2.05) is 12.1 Å². The quantitative estimate of drug-likeness (QED) is 0.695. The van der Waals surface area contributed by atoms with Gasteiger partial charge in [0.25, 0.3) is 6.01 Å². The van der Waals surface area contributed by atoms with E-state index in [0.29, 0.717) is 30.2 Å². The lowest BCUT2D eigenvalue weighted by Gasteiger charge is -2.26. The van der Waals surface area contributed by atoms with E-state index in [-0.39, 0.29) is 12.1 Å². The Hall–Kier alpha value is -1.66. The highest BCUT2D eigenvalue weighted by Crippen LogP contribution is 2.18. The van der Waals surface area contributed by atoms with E-state index in [4.69, 9.17) is 4.42 Å². The van der Waals surface area contributed by atoms with Gasteiger partial charge in [-0.2, -0.15) is 4.98 Å². The van der Waals surface area contributed by atoms with Crippen LogP contribution in [-0.4, -0.2) is 40.3 Å². The molecule has 0 unspecified atom stereocenters. The van der Waals surface area contributed by atoms with Gasteiger partial charge in [-0.15, -0.1) is 0 Å². The van der Waals surface area contributed by atoms with E-state index in [2.05, 4.69) is 20.6 Å². The summed E-state index contributed by atoms with van der Waals surface area (Å²) in [5.41, 5.74) is 1.26. The first-order valence-corrected chi connectivity index (χ1v) is 5.68. The summed E-state index contributed by atoms with van der Waals surface area (Å²) in [7, 11) is 0. The van der Waals surface area contributed by atoms with Crippen LogP contribution >= 0.6 is 0 Å². The van der Waals surface area contributed by atoms with Crippen molar-refractivity contribution in [3.8, 4) is 0 Å². The van der Waals surface area contributed by atoms with Crippen LogP contribution in [0, 0.1) is 0 Å². The minimum absolute atomic E-state index is 0.131. The summed E-state index contributed by atoms with van der Waals surface area (Å²) in [6.45, 7) is 1.44. The van der Waals surface area contributed by atoms with Crippen molar-refractivity contribution in [3.63, 3.8) is 0 Å². The van der Waals surface area contributed by atoms with Gasteiger partial charge in [0.15, 0.2) is 5.58 Å². The van der Waals surface area contributed by atoms with E-state index in [1.54, 1.807) is 6.20 Å². The number of hydrogen-bond acceptors (Lipinski definition) is 6. The number of nitrogens with zero attached hydrogens (tertiary/aromatic N) is 2. The molecule has 2 atom stereocenters. The van der Waals surface area contributed by atoms with Gasteiger partial charge in [0.05, 0.1) is 6.10 Å². The van der Waals surface area contributed by atoms with Crippen LogP contribution in [0.4, 0.5) is 6.01 Å². The highest BCUT2D eigenvalue weighted by atomic mass is 16.4. The van der Waals surface area contributed by atoms with Gasteiger partial charge in [-0.05, 0) is 18.6 Å². The van der Waals surface area contributed by atoms with Crippen molar-refractivity contribution in [3.05, 3.63) is 18.3 Å². The third-order valence-corrected chi connectivity index (χ3v) is 2.82. The number of β-amino-alcohol motifs (C(OH)–C–C–N with tert-alkyl or cyclic N) is 1. The van der Waals surface area contributed by atoms with Gasteiger partial charge in [0.2, 0.25) is 5.65 Å². The number of oxazole rings is 1. The second-order valence-electron chi connectivity index (χ2n) is 4.23. The molecule has 0 spiro atoms. The fourth-order valence-corrected chi connectivity index (χ4v) is 2.03. The van der Waals surface area contributed by atoms with E-state index < -0.39 is 0 Å². The summed E-state index contributed by atoms with van der Waals surface area (Å²) in [6, 6.07) is 4.23. The second-order valence-corrected chi connectivity index (χ2v) is 4.23. The van der Waals surface area contributed by atoms with E-state index in [0.717, 1.165) is 6.54 Å². The van der Waals surface area contributed by atoms with Gasteiger partial charge >= 0.3 is 0 Å². The molecule has 17 heavy (non-hydrogen) atoms. The SMILES string of the molecule is O[C@@H]1CNC[C@H](Nc2nc3ncccc3o2)C1. The van der Waals surface area contributed by atoms with Crippen molar-refractivity contribution in [2.75, 3.05) is 18.4 Å². The zero-order chi connectivity index (χ0) is 11.7. The molecule has 6 heteroatoms. The highest BCUT2D eigenvalue weighted by Gasteiger charge is 2.21. The van der Waals surface area contributed by atoms with Crippen molar-refractivity contribution in [1.29, 1.82) is 0 Å². The molecule has 2 aromatic rings.